The van der Waals surface area contributed by atoms with Gasteiger partial charge in [0.2, 0.25) is 0 Å². The van der Waals surface area contributed by atoms with E-state index in [1.165, 1.54) is 7.05 Å². The minimum absolute atomic E-state index is 0.0390. The fraction of sp³-hybridized carbons (Fsp3) is 0.333. The number of nitrogens with zero attached hydrogens (tertiary/aromatic N) is 3. The lowest BCUT2D eigenvalue weighted by molar-refractivity contribution is -0.142. The van der Waals surface area contributed by atoms with Gasteiger partial charge in [0.25, 0.3) is 0 Å². The van der Waals surface area contributed by atoms with Crippen molar-refractivity contribution in [1.82, 2.24) is 9.88 Å². The molecule has 0 aliphatic heterocycles. The van der Waals surface area contributed by atoms with Crippen molar-refractivity contribution >= 4 is 17.6 Å². The number of carbonyl (C=O) groups is 2. The maximum atomic E-state index is 12.5. The van der Waals surface area contributed by atoms with Gasteiger partial charge in [-0.15, -0.1) is 0 Å². The molecule has 0 saturated heterocycles. The molecule has 1 heterocycles. The van der Waals surface area contributed by atoms with Crippen LogP contribution in [0.1, 0.15) is 12.0 Å². The van der Waals surface area contributed by atoms with E-state index in [9.17, 15) is 22.8 Å². The Morgan fingerprint density at radius 1 is 1.48 bits per heavy atom. The van der Waals surface area contributed by atoms with Crippen molar-refractivity contribution in [2.75, 3.05) is 18.9 Å². The van der Waals surface area contributed by atoms with E-state index < -0.39 is 23.6 Å². The number of pyridine rings is 1. The molecule has 0 fully saturated rings. The lowest BCUT2D eigenvalue weighted by Crippen LogP contribution is -2.37. The van der Waals surface area contributed by atoms with Crippen LogP contribution in [0.5, 0.6) is 0 Å². The molecule has 1 aromatic heterocycles. The fourth-order valence-electron chi connectivity index (χ4n) is 1.34. The zero-order valence-corrected chi connectivity index (χ0v) is 10.9. The van der Waals surface area contributed by atoms with Gasteiger partial charge >= 0.3 is 18.0 Å². The summed E-state index contributed by atoms with van der Waals surface area (Å²) in [7, 11) is 1.30. The molecule has 2 amide bonds. The van der Waals surface area contributed by atoms with Crippen molar-refractivity contribution in [1.29, 1.82) is 5.26 Å². The molecule has 0 aliphatic rings. The first-order valence-electron chi connectivity index (χ1n) is 5.72. The van der Waals surface area contributed by atoms with E-state index >= 15 is 0 Å². The third-order valence-electron chi connectivity index (χ3n) is 2.43. The summed E-state index contributed by atoms with van der Waals surface area (Å²) < 4.78 is 37.5. The summed E-state index contributed by atoms with van der Waals surface area (Å²) in [5.74, 6) is -2.47. The number of likely N-dealkylation sites (N-methyl/N-ethyl adjacent to an activating group) is 1. The number of carbonyl (C=O) groups excluding carboxylic acids is 2. The third-order valence-corrected chi connectivity index (χ3v) is 2.43. The van der Waals surface area contributed by atoms with Crippen LogP contribution in [-0.4, -0.2) is 35.3 Å². The van der Waals surface area contributed by atoms with E-state index in [4.69, 9.17) is 5.26 Å². The van der Waals surface area contributed by atoms with Crippen LogP contribution in [0.2, 0.25) is 0 Å². The largest absolute Gasteiger partial charge is 0.416 e. The summed E-state index contributed by atoms with van der Waals surface area (Å²) in [5.41, 5.74) is -0.988. The molecule has 0 unspecified atom stereocenters. The Labute approximate surface area is 118 Å². The number of hydrogen-bond donors (Lipinski definition) is 1. The Kier molecular flexibility index (Phi) is 5.24. The zero-order chi connectivity index (χ0) is 16.0. The molecule has 0 saturated carbocycles. The summed E-state index contributed by atoms with van der Waals surface area (Å²) in [4.78, 5) is 27.7. The van der Waals surface area contributed by atoms with E-state index in [-0.39, 0.29) is 18.8 Å². The molecule has 0 bridgehead atoms. The highest BCUT2D eigenvalue weighted by molar-refractivity contribution is 6.39. The van der Waals surface area contributed by atoms with Crippen molar-refractivity contribution in [3.63, 3.8) is 0 Å². The predicted molar refractivity (Wildman–Crippen MR) is 65.7 cm³/mol. The van der Waals surface area contributed by atoms with Crippen LogP contribution in [0.25, 0.3) is 0 Å². The lowest BCUT2D eigenvalue weighted by atomic mass is 10.2. The molecular weight excluding hydrogens is 289 g/mol. The molecule has 0 atom stereocenters. The summed E-state index contributed by atoms with van der Waals surface area (Å²) in [6.45, 7) is 0.0404. The lowest BCUT2D eigenvalue weighted by Gasteiger charge is -2.14. The molecule has 21 heavy (non-hydrogen) atoms. The van der Waals surface area contributed by atoms with Gasteiger partial charge in [0.1, 0.15) is 5.82 Å². The van der Waals surface area contributed by atoms with Gasteiger partial charge in [0.05, 0.1) is 18.1 Å². The van der Waals surface area contributed by atoms with Gasteiger partial charge in [0.15, 0.2) is 0 Å². The molecular formula is C12H11F3N4O2. The number of alkyl halides is 3. The molecule has 112 valence electrons. The third kappa shape index (κ3) is 4.76. The van der Waals surface area contributed by atoms with E-state index in [0.717, 1.165) is 17.2 Å². The highest BCUT2D eigenvalue weighted by atomic mass is 19.4. The van der Waals surface area contributed by atoms with E-state index in [1.54, 1.807) is 6.07 Å². The summed E-state index contributed by atoms with van der Waals surface area (Å²) in [6, 6.07) is 3.18. The number of aromatic nitrogens is 1. The Morgan fingerprint density at radius 2 is 2.14 bits per heavy atom. The van der Waals surface area contributed by atoms with Gasteiger partial charge in [-0.3, -0.25) is 9.59 Å². The SMILES string of the molecule is CN(CCC#N)C(=O)C(=O)Nc1cc(C(F)(F)F)ccn1. The first-order valence-corrected chi connectivity index (χ1v) is 5.72. The number of anilines is 1. The van der Waals surface area contributed by atoms with Crippen LogP contribution >= 0.6 is 0 Å². The number of halogens is 3. The Balaban J connectivity index is 2.75. The smallest absolute Gasteiger partial charge is 0.336 e. The zero-order valence-electron chi connectivity index (χ0n) is 10.9. The topological polar surface area (TPSA) is 86.1 Å². The molecule has 0 spiro atoms. The Bertz CT molecular complexity index is 581. The Morgan fingerprint density at radius 3 is 2.71 bits per heavy atom. The number of rotatable bonds is 3. The van der Waals surface area contributed by atoms with Gasteiger partial charge in [-0.2, -0.15) is 18.4 Å². The van der Waals surface area contributed by atoms with Gasteiger partial charge < -0.3 is 10.2 Å². The van der Waals surface area contributed by atoms with Crippen LogP contribution in [0.3, 0.4) is 0 Å². The Hall–Kier alpha value is -2.63. The summed E-state index contributed by atoms with van der Waals surface area (Å²) >= 11 is 0. The molecule has 1 N–H and O–H groups in total. The molecule has 0 aromatic carbocycles. The second-order valence-electron chi connectivity index (χ2n) is 4.02. The maximum absolute atomic E-state index is 12.5. The highest BCUT2D eigenvalue weighted by Gasteiger charge is 2.31. The van der Waals surface area contributed by atoms with Crippen molar-refractivity contribution in [2.45, 2.75) is 12.6 Å². The van der Waals surface area contributed by atoms with Crippen LogP contribution in [0.15, 0.2) is 18.3 Å². The molecule has 9 heteroatoms. The maximum Gasteiger partial charge on any atom is 0.416 e. The average molecular weight is 300 g/mol. The van der Waals surface area contributed by atoms with Crippen molar-refractivity contribution in [3.05, 3.63) is 23.9 Å². The molecule has 0 aliphatic carbocycles. The van der Waals surface area contributed by atoms with Gasteiger partial charge in [-0.1, -0.05) is 0 Å². The number of hydrogen-bond acceptors (Lipinski definition) is 4. The fourth-order valence-corrected chi connectivity index (χ4v) is 1.34. The first-order chi connectivity index (χ1) is 9.75. The van der Waals surface area contributed by atoms with Crippen molar-refractivity contribution in [2.24, 2.45) is 0 Å². The monoisotopic (exact) mass is 300 g/mol. The minimum atomic E-state index is -4.57. The number of nitriles is 1. The van der Waals surface area contributed by atoms with Gasteiger partial charge in [0, 0.05) is 19.8 Å². The van der Waals surface area contributed by atoms with Gasteiger partial charge in [-0.25, -0.2) is 4.98 Å². The average Bonchev–Trinajstić information content (AvgIpc) is 2.43. The molecule has 6 nitrogen and oxygen atoms in total. The van der Waals surface area contributed by atoms with Crippen molar-refractivity contribution < 1.29 is 22.8 Å². The van der Waals surface area contributed by atoms with Crippen LogP contribution in [0.4, 0.5) is 19.0 Å². The van der Waals surface area contributed by atoms with Gasteiger partial charge in [-0.05, 0) is 12.1 Å². The number of amides is 2. The van der Waals surface area contributed by atoms with E-state index in [2.05, 4.69) is 4.98 Å². The number of nitrogens with one attached hydrogen (secondary N) is 1. The summed E-state index contributed by atoms with van der Waals surface area (Å²) in [6.07, 6.45) is -3.66. The van der Waals surface area contributed by atoms with Crippen molar-refractivity contribution in [3.8, 4) is 6.07 Å². The molecule has 1 rings (SSSR count). The quantitative estimate of drug-likeness (QED) is 0.855. The van der Waals surface area contributed by atoms with Crippen LogP contribution in [-0.2, 0) is 15.8 Å². The normalized spacial score (nSPS) is 10.6. The highest BCUT2D eigenvalue weighted by Crippen LogP contribution is 2.29. The van der Waals surface area contributed by atoms with Crippen LogP contribution in [0, 0.1) is 11.3 Å². The molecule has 0 radical (unpaired) electrons. The molecule has 1 aromatic rings. The predicted octanol–water partition coefficient (Wildman–Crippen LogP) is 1.41. The first kappa shape index (κ1) is 16.4. The standard InChI is InChI=1S/C12H11F3N4O2/c1-19(6-2-4-16)11(21)10(20)18-9-7-8(3-5-17-9)12(13,14)15/h3,5,7H,2,6H2,1H3,(H,17,18,20). The summed E-state index contributed by atoms with van der Waals surface area (Å²) in [5, 5.41) is 10.4. The van der Waals surface area contributed by atoms with E-state index in [0.29, 0.717) is 6.07 Å². The van der Waals surface area contributed by atoms with E-state index in [1.807, 2.05) is 5.32 Å². The second-order valence-corrected chi connectivity index (χ2v) is 4.02. The van der Waals surface area contributed by atoms with Crippen LogP contribution < -0.4 is 5.32 Å². The second kappa shape index (κ2) is 6.69. The minimum Gasteiger partial charge on any atom is -0.336 e.